The lowest BCUT2D eigenvalue weighted by Gasteiger charge is -2.21. The molecule has 3 nitrogen and oxygen atoms in total. The van der Waals surface area contributed by atoms with Gasteiger partial charge in [-0.1, -0.05) is 126 Å². The van der Waals surface area contributed by atoms with Crippen LogP contribution in [0.4, 0.5) is 26.3 Å². The number of nitrogens with zero attached hydrogens (tertiary/aromatic N) is 3. The predicted octanol–water partition coefficient (Wildman–Crippen LogP) is 17.1. The lowest BCUT2D eigenvalue weighted by Crippen LogP contribution is -2.12. The maximum Gasteiger partial charge on any atom is 0.417 e. The molecular formula is C59H37F6N3. The molecule has 9 heteroatoms. The maximum atomic E-state index is 14.9. The molecule has 2 heterocycles. The molecule has 0 unspecified atom stereocenters. The largest absolute Gasteiger partial charge is 0.417 e. The van der Waals surface area contributed by atoms with Gasteiger partial charge < -0.3 is 9.13 Å². The average molecular weight is 902 g/mol. The zero-order valence-corrected chi connectivity index (χ0v) is 36.5. The van der Waals surface area contributed by atoms with Gasteiger partial charge in [0.15, 0.2) is 0 Å². The summed E-state index contributed by atoms with van der Waals surface area (Å²) in [6.45, 7) is 4.09. The third-order valence-corrected chi connectivity index (χ3v) is 12.9. The smallest absolute Gasteiger partial charge is 0.309 e. The molecule has 9 aromatic carbocycles. The van der Waals surface area contributed by atoms with Crippen molar-refractivity contribution in [1.82, 2.24) is 9.13 Å². The highest BCUT2D eigenvalue weighted by Gasteiger charge is 2.38. The van der Waals surface area contributed by atoms with E-state index in [4.69, 9.17) is 0 Å². The highest BCUT2D eigenvalue weighted by molar-refractivity contribution is 6.13. The van der Waals surface area contributed by atoms with Gasteiger partial charge in [0.05, 0.1) is 56.2 Å². The monoisotopic (exact) mass is 901 g/mol. The van der Waals surface area contributed by atoms with Crippen LogP contribution < -0.4 is 0 Å². The molecule has 330 valence electrons. The first kappa shape index (κ1) is 42.3. The third kappa shape index (κ3) is 7.17. The molecule has 0 saturated carbocycles. The predicted molar refractivity (Wildman–Crippen MR) is 261 cm³/mol. The average Bonchev–Trinajstić information content (AvgIpc) is 3.85. The fourth-order valence-corrected chi connectivity index (χ4v) is 9.81. The van der Waals surface area contributed by atoms with Gasteiger partial charge in [0.1, 0.15) is 0 Å². The summed E-state index contributed by atoms with van der Waals surface area (Å²) < 4.78 is 90.8. The molecule has 0 atom stereocenters. The van der Waals surface area contributed by atoms with Crippen LogP contribution in [0, 0.1) is 25.2 Å². The first-order valence-corrected chi connectivity index (χ1v) is 21.9. The number of fused-ring (bicyclic) bond motifs is 6. The number of hydrogen-bond acceptors (Lipinski definition) is 1. The lowest BCUT2D eigenvalue weighted by molar-refractivity contribution is -0.142. The Balaban J connectivity index is 1.22. The van der Waals surface area contributed by atoms with Crippen LogP contribution in [-0.2, 0) is 12.4 Å². The molecule has 11 aromatic rings. The van der Waals surface area contributed by atoms with Crippen molar-refractivity contribution in [2.75, 3.05) is 0 Å². The summed E-state index contributed by atoms with van der Waals surface area (Å²) in [6, 6.07) is 59.1. The van der Waals surface area contributed by atoms with Crippen molar-refractivity contribution in [1.29, 1.82) is 5.26 Å². The van der Waals surface area contributed by atoms with Crippen LogP contribution in [0.1, 0.15) is 27.8 Å². The molecule has 0 aliphatic carbocycles. The minimum Gasteiger partial charge on any atom is -0.309 e. The number of aryl methyl sites for hydroxylation is 2. The second kappa shape index (κ2) is 15.9. The van der Waals surface area contributed by atoms with Gasteiger partial charge in [-0.3, -0.25) is 0 Å². The van der Waals surface area contributed by atoms with Crippen LogP contribution in [0.15, 0.2) is 188 Å². The SMILES string of the molecule is Cc1cccc(-c2ccc3c(c2)c2ccccc2n3-c2ccc(C#N)cc2-c2ccc(-c3ccc(C(F)(F)F)cc3C(F)(F)F)cc2-n2c3ccccc3c3cc(-c4cccc(C)c4)ccc32)c1. The number of aromatic nitrogens is 2. The molecule has 0 saturated heterocycles. The van der Waals surface area contributed by atoms with Crippen molar-refractivity contribution in [3.8, 4) is 62.0 Å². The van der Waals surface area contributed by atoms with Gasteiger partial charge >= 0.3 is 12.4 Å². The fraction of sp³-hybridized carbons (Fsp3) is 0.0678. The number of nitriles is 1. The van der Waals surface area contributed by atoms with Crippen molar-refractivity contribution >= 4 is 43.6 Å². The van der Waals surface area contributed by atoms with E-state index in [2.05, 4.69) is 72.2 Å². The quantitative estimate of drug-likeness (QED) is 0.153. The first-order chi connectivity index (χ1) is 32.7. The van der Waals surface area contributed by atoms with Crippen LogP contribution >= 0.6 is 0 Å². The Labute approximate surface area is 387 Å². The van der Waals surface area contributed by atoms with Gasteiger partial charge in [0.2, 0.25) is 0 Å². The summed E-state index contributed by atoms with van der Waals surface area (Å²) in [5, 5.41) is 14.2. The lowest BCUT2D eigenvalue weighted by atomic mass is 9.92. The van der Waals surface area contributed by atoms with Crippen LogP contribution in [0.2, 0.25) is 0 Å². The van der Waals surface area contributed by atoms with Gasteiger partial charge in [0, 0.05) is 32.7 Å². The molecular weight excluding hydrogens is 865 g/mol. The second-order valence-electron chi connectivity index (χ2n) is 17.2. The molecule has 0 amide bonds. The zero-order chi connectivity index (χ0) is 47.1. The minimum absolute atomic E-state index is 0.0608. The molecule has 2 aromatic heterocycles. The van der Waals surface area contributed by atoms with E-state index in [1.807, 2.05) is 96.4 Å². The van der Waals surface area contributed by atoms with Crippen LogP contribution in [0.25, 0.3) is 99.5 Å². The molecule has 68 heavy (non-hydrogen) atoms. The number of benzene rings is 9. The van der Waals surface area contributed by atoms with E-state index in [-0.39, 0.29) is 11.6 Å². The van der Waals surface area contributed by atoms with E-state index in [0.29, 0.717) is 34.1 Å². The number of halogens is 6. The van der Waals surface area contributed by atoms with Crippen molar-refractivity contribution in [3.63, 3.8) is 0 Å². The Kier molecular flexibility index (Phi) is 9.90. The van der Waals surface area contributed by atoms with E-state index in [9.17, 15) is 31.6 Å². The molecule has 0 aliphatic rings. The normalized spacial score (nSPS) is 12.1. The first-order valence-electron chi connectivity index (χ1n) is 21.9. The summed E-state index contributed by atoms with van der Waals surface area (Å²) in [6.07, 6.45) is -10.1. The van der Waals surface area contributed by atoms with Gasteiger partial charge in [-0.2, -0.15) is 31.6 Å². The van der Waals surface area contributed by atoms with Crippen molar-refractivity contribution < 1.29 is 26.3 Å². The molecule has 11 rings (SSSR count). The van der Waals surface area contributed by atoms with Gasteiger partial charge in [-0.25, -0.2) is 0 Å². The molecule has 0 aliphatic heterocycles. The minimum atomic E-state index is -5.11. The van der Waals surface area contributed by atoms with Crippen LogP contribution in [0.3, 0.4) is 0 Å². The number of para-hydroxylation sites is 2. The van der Waals surface area contributed by atoms with E-state index in [1.54, 1.807) is 24.3 Å². The molecule has 0 radical (unpaired) electrons. The Morgan fingerprint density at radius 1 is 0.382 bits per heavy atom. The van der Waals surface area contributed by atoms with E-state index in [1.165, 1.54) is 6.07 Å². The number of hydrogen-bond donors (Lipinski definition) is 0. The van der Waals surface area contributed by atoms with Crippen molar-refractivity contribution in [2.45, 2.75) is 26.2 Å². The standard InChI is InChI=1S/C59H37F6N3/c1-35-9-7-11-38(27-35)40-19-25-55-49(30-40)45-13-3-5-15-52(45)67(55)54-24-17-37(34-66)29-48(54)47-22-18-42(44-23-21-43(58(60,61)62)33-51(44)59(63,64)65)32-57(47)68-53-16-6-4-14-46(53)50-31-41(20-26-56(50)68)39-12-8-10-36(2)28-39/h3-33H,1-2H3. The Morgan fingerprint density at radius 2 is 0.897 bits per heavy atom. The van der Waals surface area contributed by atoms with Crippen LogP contribution in [0.5, 0.6) is 0 Å². The van der Waals surface area contributed by atoms with Gasteiger partial charge in [-0.05, 0) is 120 Å². The van der Waals surface area contributed by atoms with E-state index >= 15 is 0 Å². The molecule has 0 bridgehead atoms. The summed E-state index contributed by atoms with van der Waals surface area (Å²) in [5.74, 6) is 0. The van der Waals surface area contributed by atoms with E-state index in [0.717, 1.165) is 83.1 Å². The Hall–Kier alpha value is -8.35. The molecule has 0 fully saturated rings. The van der Waals surface area contributed by atoms with Crippen LogP contribution in [-0.4, -0.2) is 9.13 Å². The number of rotatable bonds is 6. The van der Waals surface area contributed by atoms with Gasteiger partial charge in [-0.15, -0.1) is 0 Å². The second-order valence-corrected chi connectivity index (χ2v) is 17.2. The maximum absolute atomic E-state index is 14.9. The van der Waals surface area contributed by atoms with E-state index < -0.39 is 29.0 Å². The Bertz CT molecular complexity index is 3880. The molecule has 0 spiro atoms. The number of alkyl halides is 6. The summed E-state index contributed by atoms with van der Waals surface area (Å²) >= 11 is 0. The van der Waals surface area contributed by atoms with Crippen molar-refractivity contribution in [3.05, 3.63) is 216 Å². The zero-order valence-electron chi connectivity index (χ0n) is 36.5. The fourth-order valence-electron chi connectivity index (χ4n) is 9.81. The summed E-state index contributed by atoms with van der Waals surface area (Å²) in [7, 11) is 0. The summed E-state index contributed by atoms with van der Waals surface area (Å²) in [4.78, 5) is 0. The topological polar surface area (TPSA) is 33.6 Å². The van der Waals surface area contributed by atoms with Crippen molar-refractivity contribution in [2.24, 2.45) is 0 Å². The molecule has 0 N–H and O–H groups in total. The highest BCUT2D eigenvalue weighted by atomic mass is 19.4. The summed E-state index contributed by atoms with van der Waals surface area (Å²) in [5.41, 5.74) is 9.21. The highest BCUT2D eigenvalue weighted by Crippen LogP contribution is 2.46. The Morgan fingerprint density at radius 3 is 1.44 bits per heavy atom. The third-order valence-electron chi connectivity index (χ3n) is 12.9. The van der Waals surface area contributed by atoms with Gasteiger partial charge in [0.25, 0.3) is 0 Å².